The second-order valence-electron chi connectivity index (χ2n) is 12.8. The number of carbonyl (C=O) groups is 1. The first-order valence-electron chi connectivity index (χ1n) is 15.2. The molecule has 0 unspecified atom stereocenters. The fraction of sp³-hybridized carbons (Fsp3) is 0.529. The molecule has 2 aromatic carbocycles. The second kappa shape index (κ2) is 10.1. The van der Waals surface area contributed by atoms with Gasteiger partial charge in [-0.3, -0.25) is 9.69 Å². The molecule has 7 rings (SSSR count). The van der Waals surface area contributed by atoms with Gasteiger partial charge < -0.3 is 14.5 Å². The normalized spacial score (nSPS) is 22.6. The monoisotopic (exact) mass is 536 g/mol. The number of nitriles is 1. The highest BCUT2D eigenvalue weighted by atomic mass is 16.5. The van der Waals surface area contributed by atoms with E-state index in [1.807, 2.05) is 18.2 Å². The van der Waals surface area contributed by atoms with Crippen LogP contribution in [0.3, 0.4) is 0 Å². The number of Topliss-reactive ketones (excluding diaryl/α,β-unsaturated/α-hetero) is 1. The molecule has 3 aliphatic carbocycles. The molecule has 208 valence electrons. The number of carbonyl (C=O) groups excluding carboxylic acids is 1. The minimum absolute atomic E-state index is 0.152. The lowest BCUT2D eigenvalue weighted by Gasteiger charge is -2.38. The van der Waals surface area contributed by atoms with E-state index in [9.17, 15) is 10.1 Å². The summed E-state index contributed by atoms with van der Waals surface area (Å²) in [4.78, 5) is 22.0. The number of ether oxygens (including phenoxy) is 1. The maximum atomic E-state index is 14.2. The van der Waals surface area contributed by atoms with Crippen LogP contribution < -0.4 is 4.90 Å². The van der Waals surface area contributed by atoms with Gasteiger partial charge in [0.05, 0.1) is 24.8 Å². The number of nitrogens with zero attached hydrogens (tertiary/aromatic N) is 4. The van der Waals surface area contributed by atoms with Crippen LogP contribution in [0, 0.1) is 11.3 Å². The Bertz CT molecular complexity index is 1420. The summed E-state index contributed by atoms with van der Waals surface area (Å²) in [6, 6.07) is 13.5. The topological polar surface area (TPSA) is 59.8 Å². The number of benzene rings is 2. The molecule has 2 heterocycles. The van der Waals surface area contributed by atoms with Crippen molar-refractivity contribution in [2.45, 2.75) is 57.4 Å². The van der Waals surface area contributed by atoms with Crippen LogP contribution in [0.15, 0.2) is 35.9 Å². The first kappa shape index (κ1) is 26.0. The van der Waals surface area contributed by atoms with E-state index in [1.54, 1.807) is 0 Å². The Labute approximate surface area is 238 Å². The SMILES string of the molecule is CC1(C)C2=C(C(=O)c3cc(CCCN4CCN(C5CC5)CC4)c(N4CCOCC4)cc31)c1ccc(C#N)cc1C2. The van der Waals surface area contributed by atoms with Crippen LogP contribution in [-0.2, 0) is 23.0 Å². The van der Waals surface area contributed by atoms with Gasteiger partial charge in [0.2, 0.25) is 0 Å². The van der Waals surface area contributed by atoms with E-state index in [-0.39, 0.29) is 11.2 Å². The van der Waals surface area contributed by atoms with E-state index < -0.39 is 0 Å². The predicted molar refractivity (Wildman–Crippen MR) is 158 cm³/mol. The van der Waals surface area contributed by atoms with Crippen molar-refractivity contribution in [3.63, 3.8) is 0 Å². The number of hydrogen-bond donors (Lipinski definition) is 0. The van der Waals surface area contributed by atoms with E-state index in [0.717, 1.165) is 86.0 Å². The molecule has 0 atom stereocenters. The van der Waals surface area contributed by atoms with Crippen LogP contribution in [0.2, 0.25) is 0 Å². The van der Waals surface area contributed by atoms with Crippen LogP contribution in [0.1, 0.15) is 71.3 Å². The zero-order chi connectivity index (χ0) is 27.4. The van der Waals surface area contributed by atoms with E-state index >= 15 is 0 Å². The highest BCUT2D eigenvalue weighted by Crippen LogP contribution is 2.51. The average Bonchev–Trinajstić information content (AvgIpc) is 3.76. The maximum Gasteiger partial charge on any atom is 0.193 e. The first-order chi connectivity index (χ1) is 19.4. The molecule has 0 radical (unpaired) electrons. The molecule has 6 heteroatoms. The van der Waals surface area contributed by atoms with Crippen molar-refractivity contribution < 1.29 is 9.53 Å². The van der Waals surface area contributed by atoms with Crippen molar-refractivity contribution in [2.75, 3.05) is 63.9 Å². The zero-order valence-electron chi connectivity index (χ0n) is 24.0. The highest BCUT2D eigenvalue weighted by molar-refractivity contribution is 6.33. The van der Waals surface area contributed by atoms with E-state index in [2.05, 4.69) is 46.7 Å². The predicted octanol–water partition coefficient (Wildman–Crippen LogP) is 4.59. The fourth-order valence-electron chi connectivity index (χ4n) is 7.51. The molecule has 0 aromatic heterocycles. The molecule has 0 bridgehead atoms. The molecular weight excluding hydrogens is 496 g/mol. The second-order valence-corrected chi connectivity index (χ2v) is 12.8. The summed E-state index contributed by atoms with van der Waals surface area (Å²) in [5.74, 6) is 0.152. The lowest BCUT2D eigenvalue weighted by Crippen LogP contribution is -2.47. The third-order valence-electron chi connectivity index (χ3n) is 10.0. The number of morpholine rings is 1. The molecule has 2 saturated heterocycles. The van der Waals surface area contributed by atoms with Gasteiger partial charge in [0.25, 0.3) is 0 Å². The summed E-state index contributed by atoms with van der Waals surface area (Å²) < 4.78 is 5.70. The van der Waals surface area contributed by atoms with E-state index in [0.29, 0.717) is 5.56 Å². The molecule has 0 spiro atoms. The number of fused-ring (bicyclic) bond motifs is 3. The van der Waals surface area contributed by atoms with Gasteiger partial charge in [-0.2, -0.15) is 5.26 Å². The van der Waals surface area contributed by atoms with E-state index in [4.69, 9.17) is 4.74 Å². The quantitative estimate of drug-likeness (QED) is 0.538. The Morgan fingerprint density at radius 2 is 1.77 bits per heavy atom. The Hall–Kier alpha value is -2.98. The molecule has 1 saturated carbocycles. The summed E-state index contributed by atoms with van der Waals surface area (Å²) in [6.07, 6.45) is 5.60. The van der Waals surface area contributed by atoms with Crippen LogP contribution in [-0.4, -0.2) is 80.7 Å². The Balaban J connectivity index is 1.18. The number of rotatable bonds is 6. The van der Waals surface area contributed by atoms with Crippen molar-refractivity contribution in [3.8, 4) is 6.07 Å². The number of piperazine rings is 1. The minimum atomic E-state index is -0.259. The Morgan fingerprint density at radius 3 is 2.50 bits per heavy atom. The van der Waals surface area contributed by atoms with Crippen molar-refractivity contribution in [2.24, 2.45) is 0 Å². The van der Waals surface area contributed by atoms with Gasteiger partial charge in [-0.15, -0.1) is 0 Å². The van der Waals surface area contributed by atoms with Gasteiger partial charge >= 0.3 is 0 Å². The average molecular weight is 537 g/mol. The number of ketones is 1. The van der Waals surface area contributed by atoms with Gasteiger partial charge in [-0.05, 0) is 90.7 Å². The summed E-state index contributed by atoms with van der Waals surface area (Å²) in [5.41, 5.74) is 9.18. The molecule has 2 aromatic rings. The van der Waals surface area contributed by atoms with E-state index in [1.165, 1.54) is 55.8 Å². The number of allylic oxidation sites excluding steroid dienone is 2. The van der Waals surface area contributed by atoms with Gasteiger partial charge in [-0.25, -0.2) is 0 Å². The molecule has 5 aliphatic rings. The highest BCUT2D eigenvalue weighted by Gasteiger charge is 2.43. The summed E-state index contributed by atoms with van der Waals surface area (Å²) in [6.45, 7) is 13.7. The number of hydrogen-bond acceptors (Lipinski definition) is 6. The Morgan fingerprint density at radius 1 is 1.00 bits per heavy atom. The van der Waals surface area contributed by atoms with Crippen molar-refractivity contribution >= 4 is 17.0 Å². The lowest BCUT2D eigenvalue weighted by molar-refractivity contribution is 0.105. The minimum Gasteiger partial charge on any atom is -0.378 e. The third kappa shape index (κ3) is 4.49. The van der Waals surface area contributed by atoms with Gasteiger partial charge in [0.15, 0.2) is 5.78 Å². The lowest BCUT2D eigenvalue weighted by atomic mass is 9.68. The van der Waals surface area contributed by atoms with Gasteiger partial charge in [0.1, 0.15) is 0 Å². The summed E-state index contributed by atoms with van der Waals surface area (Å²) in [7, 11) is 0. The largest absolute Gasteiger partial charge is 0.378 e. The molecule has 40 heavy (non-hydrogen) atoms. The Kier molecular flexibility index (Phi) is 6.58. The summed E-state index contributed by atoms with van der Waals surface area (Å²) >= 11 is 0. The molecular formula is C34H40N4O2. The third-order valence-corrected chi connectivity index (χ3v) is 10.0. The number of anilines is 1. The standard InChI is InChI=1S/C34H40N4O2/c1-34(2)29-21-31(38-14-16-40-17-15-38)24(4-3-9-36-10-12-37(13-11-36)26-6-7-26)19-28(29)33(39)32-27-8-5-23(22-35)18-25(27)20-30(32)34/h5,8,18-19,21,26H,3-4,6-7,9-17,20H2,1-2H3. The fourth-order valence-corrected chi connectivity index (χ4v) is 7.51. The smallest absolute Gasteiger partial charge is 0.193 e. The van der Waals surface area contributed by atoms with Crippen molar-refractivity contribution in [1.29, 1.82) is 5.26 Å². The van der Waals surface area contributed by atoms with Gasteiger partial charge in [0, 0.05) is 67.5 Å². The van der Waals surface area contributed by atoms with Gasteiger partial charge in [-0.1, -0.05) is 19.9 Å². The molecule has 0 amide bonds. The molecule has 6 nitrogen and oxygen atoms in total. The van der Waals surface area contributed by atoms with Crippen LogP contribution in [0.5, 0.6) is 0 Å². The summed E-state index contributed by atoms with van der Waals surface area (Å²) in [5, 5.41) is 9.45. The first-order valence-corrected chi connectivity index (χ1v) is 15.2. The van der Waals surface area contributed by atoms with Crippen molar-refractivity contribution in [3.05, 3.63) is 69.3 Å². The number of aryl methyl sites for hydroxylation is 1. The maximum absolute atomic E-state index is 14.2. The van der Waals surface area contributed by atoms with Crippen molar-refractivity contribution in [1.82, 2.24) is 9.80 Å². The molecule has 3 fully saturated rings. The van der Waals surface area contributed by atoms with Crippen LogP contribution in [0.25, 0.3) is 5.57 Å². The molecule has 2 aliphatic heterocycles. The van der Waals surface area contributed by atoms with Crippen LogP contribution >= 0.6 is 0 Å². The van der Waals surface area contributed by atoms with Crippen LogP contribution in [0.4, 0.5) is 5.69 Å². The zero-order valence-corrected chi connectivity index (χ0v) is 24.0. The molecule has 0 N–H and O–H groups in total.